The molecule has 0 bridgehead atoms. The average molecular weight is 355 g/mol. The van der Waals surface area contributed by atoms with Gasteiger partial charge in [-0.15, -0.1) is 0 Å². The van der Waals surface area contributed by atoms with E-state index in [2.05, 4.69) is 26.1 Å². The summed E-state index contributed by atoms with van der Waals surface area (Å²) in [5, 5.41) is 2.58. The summed E-state index contributed by atoms with van der Waals surface area (Å²) in [5.41, 5.74) is 1.49. The SMILES string of the molecule is COc1cccc(OCCNC(=O)C(=O)c2ccc(C(C)(C)C)cc2)c1. The topological polar surface area (TPSA) is 64.6 Å². The molecule has 0 saturated carbocycles. The zero-order valence-corrected chi connectivity index (χ0v) is 15.7. The molecule has 0 heterocycles. The number of hydrogen-bond acceptors (Lipinski definition) is 4. The van der Waals surface area contributed by atoms with Crippen LogP contribution in [0.3, 0.4) is 0 Å². The lowest BCUT2D eigenvalue weighted by atomic mass is 9.86. The lowest BCUT2D eigenvalue weighted by Gasteiger charge is -2.18. The lowest BCUT2D eigenvalue weighted by Crippen LogP contribution is -2.34. The third-order valence-electron chi connectivity index (χ3n) is 3.92. The third-order valence-corrected chi connectivity index (χ3v) is 3.92. The first-order chi connectivity index (χ1) is 12.3. The van der Waals surface area contributed by atoms with E-state index in [0.717, 1.165) is 5.56 Å². The highest BCUT2D eigenvalue weighted by Gasteiger charge is 2.18. The van der Waals surface area contributed by atoms with Crippen LogP contribution in [0.5, 0.6) is 11.5 Å². The van der Waals surface area contributed by atoms with E-state index >= 15 is 0 Å². The number of ether oxygens (including phenoxy) is 2. The number of benzene rings is 2. The molecule has 5 nitrogen and oxygen atoms in total. The van der Waals surface area contributed by atoms with Gasteiger partial charge in [-0.2, -0.15) is 0 Å². The number of rotatable bonds is 7. The van der Waals surface area contributed by atoms with Crippen LogP contribution in [0, 0.1) is 0 Å². The highest BCUT2D eigenvalue weighted by molar-refractivity contribution is 6.42. The van der Waals surface area contributed by atoms with Crippen LogP contribution in [-0.4, -0.2) is 32.0 Å². The minimum Gasteiger partial charge on any atom is -0.497 e. The molecule has 0 aliphatic carbocycles. The molecule has 26 heavy (non-hydrogen) atoms. The molecule has 1 amide bonds. The maximum Gasteiger partial charge on any atom is 0.292 e. The lowest BCUT2D eigenvalue weighted by molar-refractivity contribution is -0.117. The smallest absolute Gasteiger partial charge is 0.292 e. The second-order valence-corrected chi connectivity index (χ2v) is 6.94. The summed E-state index contributed by atoms with van der Waals surface area (Å²) in [7, 11) is 1.58. The summed E-state index contributed by atoms with van der Waals surface area (Å²) in [4.78, 5) is 24.2. The van der Waals surface area contributed by atoms with E-state index in [4.69, 9.17) is 9.47 Å². The van der Waals surface area contributed by atoms with Crippen LogP contribution >= 0.6 is 0 Å². The molecule has 0 radical (unpaired) electrons. The first-order valence-corrected chi connectivity index (χ1v) is 8.51. The molecule has 0 aliphatic heterocycles. The molecule has 2 rings (SSSR count). The van der Waals surface area contributed by atoms with Gasteiger partial charge in [0.1, 0.15) is 18.1 Å². The van der Waals surface area contributed by atoms with Gasteiger partial charge in [0.2, 0.25) is 5.78 Å². The zero-order chi connectivity index (χ0) is 19.2. The van der Waals surface area contributed by atoms with Crippen molar-refractivity contribution < 1.29 is 19.1 Å². The Bertz CT molecular complexity index is 760. The molecule has 0 aliphatic rings. The van der Waals surface area contributed by atoms with Crippen molar-refractivity contribution in [1.29, 1.82) is 0 Å². The second kappa shape index (κ2) is 8.52. The molecular formula is C21H25NO4. The monoisotopic (exact) mass is 355 g/mol. The summed E-state index contributed by atoms with van der Waals surface area (Å²) in [6.07, 6.45) is 0. The molecule has 138 valence electrons. The van der Waals surface area contributed by atoms with Crippen molar-refractivity contribution in [3.63, 3.8) is 0 Å². The quantitative estimate of drug-likeness (QED) is 0.470. The Labute approximate surface area is 154 Å². The van der Waals surface area contributed by atoms with Crippen LogP contribution in [0.2, 0.25) is 0 Å². The van der Waals surface area contributed by atoms with Crippen LogP contribution < -0.4 is 14.8 Å². The minimum atomic E-state index is -0.636. The maximum atomic E-state index is 12.2. The second-order valence-electron chi connectivity index (χ2n) is 6.94. The molecule has 0 spiro atoms. The Morgan fingerprint density at radius 3 is 2.27 bits per heavy atom. The standard InChI is InChI=1S/C21H25NO4/c1-21(2,3)16-10-8-15(9-11-16)19(23)20(24)22-12-13-26-18-7-5-6-17(14-18)25-4/h5-11,14H,12-13H2,1-4H3,(H,22,24). The van der Waals surface area contributed by atoms with Crippen molar-refractivity contribution >= 4 is 11.7 Å². The predicted octanol–water partition coefficient (Wildman–Crippen LogP) is 3.37. The first-order valence-electron chi connectivity index (χ1n) is 8.51. The Balaban J connectivity index is 1.82. The molecular weight excluding hydrogens is 330 g/mol. The van der Waals surface area contributed by atoms with E-state index in [1.807, 2.05) is 24.3 Å². The molecule has 0 saturated heterocycles. The van der Waals surface area contributed by atoms with Crippen molar-refractivity contribution in [1.82, 2.24) is 5.32 Å². The van der Waals surface area contributed by atoms with Crippen molar-refractivity contribution in [3.05, 3.63) is 59.7 Å². The number of hydrogen-bond donors (Lipinski definition) is 1. The van der Waals surface area contributed by atoms with Gasteiger partial charge in [0.15, 0.2) is 0 Å². The maximum absolute atomic E-state index is 12.2. The van der Waals surface area contributed by atoms with Crippen LogP contribution in [0.15, 0.2) is 48.5 Å². The Morgan fingerprint density at radius 1 is 1.00 bits per heavy atom. The van der Waals surface area contributed by atoms with Crippen LogP contribution in [0.4, 0.5) is 0 Å². The van der Waals surface area contributed by atoms with Crippen molar-refractivity contribution in [2.75, 3.05) is 20.3 Å². The third kappa shape index (κ3) is 5.34. The summed E-state index contributed by atoms with van der Waals surface area (Å²) in [6, 6.07) is 14.3. The van der Waals surface area contributed by atoms with Gasteiger partial charge < -0.3 is 14.8 Å². The van der Waals surface area contributed by atoms with Gasteiger partial charge in [-0.1, -0.05) is 51.1 Å². The zero-order valence-electron chi connectivity index (χ0n) is 15.7. The Morgan fingerprint density at radius 2 is 1.65 bits per heavy atom. The molecule has 5 heteroatoms. The summed E-state index contributed by atoms with van der Waals surface area (Å²) >= 11 is 0. The molecule has 0 aromatic heterocycles. The van der Waals surface area contributed by atoms with E-state index in [1.54, 1.807) is 31.4 Å². The highest BCUT2D eigenvalue weighted by Crippen LogP contribution is 2.22. The summed E-state index contributed by atoms with van der Waals surface area (Å²) < 4.78 is 10.6. The van der Waals surface area contributed by atoms with Gasteiger partial charge in [0.05, 0.1) is 13.7 Å². The van der Waals surface area contributed by atoms with Gasteiger partial charge in [-0.05, 0) is 23.1 Å². The molecule has 1 N–H and O–H groups in total. The number of carbonyl (C=O) groups is 2. The van der Waals surface area contributed by atoms with E-state index in [1.165, 1.54) is 0 Å². The van der Waals surface area contributed by atoms with Gasteiger partial charge >= 0.3 is 0 Å². The highest BCUT2D eigenvalue weighted by atomic mass is 16.5. The van der Waals surface area contributed by atoms with Gasteiger partial charge in [0.25, 0.3) is 5.91 Å². The molecule has 2 aromatic carbocycles. The Hall–Kier alpha value is -2.82. The fourth-order valence-electron chi connectivity index (χ4n) is 2.36. The molecule has 0 fully saturated rings. The number of nitrogens with one attached hydrogen (secondary N) is 1. The van der Waals surface area contributed by atoms with Crippen molar-refractivity contribution in [3.8, 4) is 11.5 Å². The molecule has 0 unspecified atom stereocenters. The van der Waals surface area contributed by atoms with E-state index in [-0.39, 0.29) is 18.6 Å². The van der Waals surface area contributed by atoms with E-state index in [9.17, 15) is 9.59 Å². The normalized spacial score (nSPS) is 10.9. The van der Waals surface area contributed by atoms with Crippen molar-refractivity contribution in [2.24, 2.45) is 0 Å². The summed E-state index contributed by atoms with van der Waals surface area (Å²) in [5.74, 6) is 0.151. The number of ketones is 1. The van der Waals surface area contributed by atoms with Crippen LogP contribution in [-0.2, 0) is 10.2 Å². The van der Waals surface area contributed by atoms with E-state index < -0.39 is 11.7 Å². The summed E-state index contributed by atoms with van der Waals surface area (Å²) in [6.45, 7) is 6.79. The minimum absolute atomic E-state index is 0.00128. The number of carbonyl (C=O) groups excluding carboxylic acids is 2. The van der Waals surface area contributed by atoms with Crippen LogP contribution in [0.25, 0.3) is 0 Å². The predicted molar refractivity (Wildman–Crippen MR) is 101 cm³/mol. The molecule has 2 aromatic rings. The fraction of sp³-hybridized carbons (Fsp3) is 0.333. The van der Waals surface area contributed by atoms with Gasteiger partial charge in [-0.3, -0.25) is 9.59 Å². The average Bonchev–Trinajstić information content (AvgIpc) is 2.64. The van der Waals surface area contributed by atoms with Crippen LogP contribution in [0.1, 0.15) is 36.7 Å². The number of methoxy groups -OCH3 is 1. The molecule has 0 atom stereocenters. The first kappa shape index (κ1) is 19.5. The van der Waals surface area contributed by atoms with Crippen molar-refractivity contribution in [2.45, 2.75) is 26.2 Å². The van der Waals surface area contributed by atoms with Gasteiger partial charge in [0, 0.05) is 11.6 Å². The number of Topliss-reactive ketones (excluding diaryl/α,β-unsaturated/α-hetero) is 1. The van der Waals surface area contributed by atoms with E-state index in [0.29, 0.717) is 17.1 Å². The Kier molecular flexibility index (Phi) is 6.39. The number of amides is 1. The van der Waals surface area contributed by atoms with Gasteiger partial charge in [-0.25, -0.2) is 0 Å². The fourth-order valence-corrected chi connectivity index (χ4v) is 2.36. The largest absolute Gasteiger partial charge is 0.497 e.